The highest BCUT2D eigenvalue weighted by molar-refractivity contribution is 5.79. The van der Waals surface area contributed by atoms with Crippen LogP contribution in [0.1, 0.15) is 46.5 Å². The van der Waals surface area contributed by atoms with Gasteiger partial charge in [0.1, 0.15) is 5.60 Å². The van der Waals surface area contributed by atoms with Gasteiger partial charge < -0.3 is 19.7 Å². The van der Waals surface area contributed by atoms with E-state index < -0.39 is 23.7 Å². The first-order chi connectivity index (χ1) is 9.67. The molecule has 1 N–H and O–H groups in total. The van der Waals surface area contributed by atoms with E-state index in [1.807, 2.05) is 0 Å². The van der Waals surface area contributed by atoms with Crippen molar-refractivity contribution in [2.45, 2.75) is 64.2 Å². The molecule has 1 heterocycles. The number of aliphatic hydroxyl groups is 1. The summed E-state index contributed by atoms with van der Waals surface area (Å²) in [5, 5.41) is 21.1. The Hall–Kier alpha value is -1.30. The van der Waals surface area contributed by atoms with Crippen LogP contribution >= 0.6 is 0 Å². The minimum atomic E-state index is -1.25. The Bertz CT molecular complexity index is 417. The second kappa shape index (κ2) is 5.83. The lowest BCUT2D eigenvalue weighted by atomic mass is 9.72. The van der Waals surface area contributed by atoms with Gasteiger partial charge in [0, 0.05) is 6.54 Å². The summed E-state index contributed by atoms with van der Waals surface area (Å²) in [4.78, 5) is 24.9. The Morgan fingerprint density at radius 1 is 1.19 bits per heavy atom. The average Bonchev–Trinajstić information content (AvgIpc) is 2.34. The van der Waals surface area contributed by atoms with Crippen molar-refractivity contribution in [3.05, 3.63) is 0 Å². The monoisotopic (exact) mass is 298 g/mol. The summed E-state index contributed by atoms with van der Waals surface area (Å²) in [5.41, 5.74) is -0.660. The minimum Gasteiger partial charge on any atom is -0.548 e. The van der Waals surface area contributed by atoms with Gasteiger partial charge in [0.05, 0.1) is 18.1 Å². The molecule has 1 saturated carbocycles. The van der Waals surface area contributed by atoms with E-state index in [9.17, 15) is 19.8 Å². The van der Waals surface area contributed by atoms with Crippen LogP contribution in [0.5, 0.6) is 0 Å². The molecule has 2 fully saturated rings. The second-order valence-corrected chi connectivity index (χ2v) is 7.19. The first-order valence-corrected chi connectivity index (χ1v) is 7.56. The van der Waals surface area contributed by atoms with Crippen LogP contribution in [0.3, 0.4) is 0 Å². The number of carboxylic acids is 1. The molecule has 120 valence electrons. The minimum absolute atomic E-state index is 0.135. The Kier molecular flexibility index (Phi) is 4.46. The Morgan fingerprint density at radius 3 is 2.43 bits per heavy atom. The molecular weight excluding hydrogens is 274 g/mol. The number of piperidine rings is 1. The summed E-state index contributed by atoms with van der Waals surface area (Å²) in [6.07, 6.45) is 1.51. The number of fused-ring (bicyclic) bond motifs is 1. The van der Waals surface area contributed by atoms with E-state index >= 15 is 0 Å². The number of hydrogen-bond donors (Lipinski definition) is 1. The fraction of sp³-hybridized carbons (Fsp3) is 0.867. The Balaban J connectivity index is 2.12. The fourth-order valence-corrected chi connectivity index (χ4v) is 3.37. The molecule has 0 bridgehead atoms. The van der Waals surface area contributed by atoms with Crippen molar-refractivity contribution in [2.24, 2.45) is 11.8 Å². The summed E-state index contributed by atoms with van der Waals surface area (Å²) in [6, 6.07) is -0.966. The van der Waals surface area contributed by atoms with Crippen LogP contribution in [-0.4, -0.2) is 46.4 Å². The van der Waals surface area contributed by atoms with Gasteiger partial charge in [0.25, 0.3) is 0 Å². The molecule has 1 saturated heterocycles. The van der Waals surface area contributed by atoms with Crippen molar-refractivity contribution < 1.29 is 24.5 Å². The maximum Gasteiger partial charge on any atom is 0.410 e. The van der Waals surface area contributed by atoms with Gasteiger partial charge in [-0.1, -0.05) is 0 Å². The van der Waals surface area contributed by atoms with E-state index in [1.54, 1.807) is 20.8 Å². The molecule has 0 aromatic heterocycles. The lowest BCUT2D eigenvalue weighted by molar-refractivity contribution is -0.313. The number of amides is 1. The van der Waals surface area contributed by atoms with E-state index in [4.69, 9.17) is 4.74 Å². The van der Waals surface area contributed by atoms with Crippen molar-refractivity contribution in [3.63, 3.8) is 0 Å². The highest BCUT2D eigenvalue weighted by Crippen LogP contribution is 2.39. The first-order valence-electron chi connectivity index (χ1n) is 7.56. The van der Waals surface area contributed by atoms with Crippen LogP contribution < -0.4 is 5.11 Å². The predicted molar refractivity (Wildman–Crippen MR) is 73.2 cm³/mol. The number of aliphatic carboxylic acids is 1. The fourth-order valence-electron chi connectivity index (χ4n) is 3.37. The van der Waals surface area contributed by atoms with Crippen LogP contribution in [0.4, 0.5) is 4.79 Å². The molecule has 0 radical (unpaired) electrons. The molecule has 6 nitrogen and oxygen atoms in total. The quantitative estimate of drug-likeness (QED) is 0.762. The van der Waals surface area contributed by atoms with Gasteiger partial charge in [0.15, 0.2) is 0 Å². The van der Waals surface area contributed by atoms with Crippen molar-refractivity contribution >= 4 is 12.1 Å². The summed E-state index contributed by atoms with van der Waals surface area (Å²) in [7, 11) is 0. The topological polar surface area (TPSA) is 89.9 Å². The Morgan fingerprint density at radius 2 is 1.86 bits per heavy atom. The molecule has 1 aliphatic heterocycles. The third kappa shape index (κ3) is 3.87. The Labute approximate surface area is 125 Å². The van der Waals surface area contributed by atoms with Gasteiger partial charge in [-0.15, -0.1) is 0 Å². The maximum atomic E-state index is 12.2. The predicted octanol–water partition coefficient (Wildman–Crippen LogP) is 0.523. The molecule has 6 heteroatoms. The van der Waals surface area contributed by atoms with Crippen molar-refractivity contribution in [3.8, 4) is 0 Å². The molecule has 1 amide bonds. The van der Waals surface area contributed by atoms with Crippen LogP contribution in [0.2, 0.25) is 0 Å². The van der Waals surface area contributed by atoms with Gasteiger partial charge in [-0.05, 0) is 58.3 Å². The number of rotatable bonds is 1. The van der Waals surface area contributed by atoms with Crippen LogP contribution in [0, 0.1) is 11.8 Å². The van der Waals surface area contributed by atoms with Gasteiger partial charge in [-0.3, -0.25) is 4.90 Å². The summed E-state index contributed by atoms with van der Waals surface area (Å²) in [6.45, 7) is 5.62. The summed E-state index contributed by atoms with van der Waals surface area (Å²) < 4.78 is 5.30. The third-order valence-electron chi connectivity index (χ3n) is 4.35. The van der Waals surface area contributed by atoms with Gasteiger partial charge in [0.2, 0.25) is 0 Å². The average molecular weight is 298 g/mol. The van der Waals surface area contributed by atoms with Gasteiger partial charge >= 0.3 is 6.09 Å². The molecular formula is C15H24NO5-. The van der Waals surface area contributed by atoms with E-state index in [-0.39, 0.29) is 17.9 Å². The standard InChI is InChI=1S/C15H25NO5/c1-15(2,3)21-14(20)16-8-9-4-5-11(17)6-10(9)7-12(16)13(18)19/h9-12,17H,4-8H2,1-3H3,(H,18,19)/p-1. The highest BCUT2D eigenvalue weighted by Gasteiger charge is 2.42. The molecule has 2 aliphatic rings. The molecule has 0 aromatic carbocycles. The zero-order valence-electron chi connectivity index (χ0n) is 12.9. The number of hydrogen-bond acceptors (Lipinski definition) is 5. The maximum absolute atomic E-state index is 12.2. The van der Waals surface area contributed by atoms with Crippen LogP contribution in [0.15, 0.2) is 0 Å². The SMILES string of the molecule is CC(C)(C)OC(=O)N1CC2CCC(O)CC2CC1C(=O)[O-]. The van der Waals surface area contributed by atoms with E-state index in [1.165, 1.54) is 4.90 Å². The smallest absolute Gasteiger partial charge is 0.410 e. The molecule has 0 aromatic rings. The zero-order valence-corrected chi connectivity index (χ0v) is 12.9. The van der Waals surface area contributed by atoms with Crippen molar-refractivity contribution in [1.29, 1.82) is 0 Å². The van der Waals surface area contributed by atoms with Crippen molar-refractivity contribution in [2.75, 3.05) is 6.54 Å². The molecule has 4 atom stereocenters. The number of nitrogens with zero attached hydrogens (tertiary/aromatic N) is 1. The molecule has 1 aliphatic carbocycles. The molecule has 0 spiro atoms. The largest absolute Gasteiger partial charge is 0.548 e. The van der Waals surface area contributed by atoms with E-state index in [2.05, 4.69) is 0 Å². The summed E-state index contributed by atoms with van der Waals surface area (Å²) >= 11 is 0. The van der Waals surface area contributed by atoms with E-state index in [0.29, 0.717) is 25.8 Å². The number of likely N-dealkylation sites (tertiary alicyclic amines) is 1. The lowest BCUT2D eigenvalue weighted by Gasteiger charge is -2.47. The zero-order chi connectivity index (χ0) is 15.8. The van der Waals surface area contributed by atoms with Crippen molar-refractivity contribution in [1.82, 2.24) is 4.90 Å². The lowest BCUT2D eigenvalue weighted by Crippen LogP contribution is -2.58. The number of carbonyl (C=O) groups excluding carboxylic acids is 2. The number of carbonyl (C=O) groups is 2. The normalized spacial score (nSPS) is 33.2. The molecule has 2 rings (SSSR count). The molecule has 21 heavy (non-hydrogen) atoms. The van der Waals surface area contributed by atoms with E-state index in [0.717, 1.165) is 6.42 Å². The molecule has 4 unspecified atom stereocenters. The number of aliphatic hydroxyl groups excluding tert-OH is 1. The van der Waals surface area contributed by atoms with Crippen LogP contribution in [0.25, 0.3) is 0 Å². The second-order valence-electron chi connectivity index (χ2n) is 7.19. The summed E-state index contributed by atoms with van der Waals surface area (Å²) in [5.74, 6) is -0.883. The number of ether oxygens (including phenoxy) is 1. The third-order valence-corrected chi connectivity index (χ3v) is 4.35. The van der Waals surface area contributed by atoms with Gasteiger partial charge in [-0.25, -0.2) is 4.79 Å². The number of carboxylic acid groups (broad SMARTS) is 1. The first kappa shape index (κ1) is 16.1. The highest BCUT2D eigenvalue weighted by atomic mass is 16.6. The van der Waals surface area contributed by atoms with Crippen LogP contribution in [-0.2, 0) is 9.53 Å². The van der Waals surface area contributed by atoms with Gasteiger partial charge in [-0.2, -0.15) is 0 Å².